The van der Waals surface area contributed by atoms with Crippen molar-refractivity contribution in [3.8, 4) is 0 Å². The molecular weight excluding hydrogens is 316 g/mol. The van der Waals surface area contributed by atoms with E-state index in [1.165, 1.54) is 16.7 Å². The summed E-state index contributed by atoms with van der Waals surface area (Å²) in [6.07, 6.45) is 0.461. The molecule has 0 spiro atoms. The first-order valence-electron chi connectivity index (χ1n) is 6.39. The van der Waals surface area contributed by atoms with Gasteiger partial charge in [0.2, 0.25) is 0 Å². The second-order valence-corrected chi connectivity index (χ2v) is 6.03. The monoisotopic (exact) mass is 332 g/mol. The number of rotatable bonds is 5. The maximum Gasteiger partial charge on any atom is 0.325 e. The van der Waals surface area contributed by atoms with E-state index in [4.69, 9.17) is 11.6 Å². The van der Waals surface area contributed by atoms with Gasteiger partial charge in [-0.15, -0.1) is 18.2 Å². The first kappa shape index (κ1) is 16.1. The number of amidine groups is 1. The van der Waals surface area contributed by atoms with Gasteiger partial charge in [-0.05, 0) is 0 Å². The molecule has 0 radical (unpaired) electrons. The van der Waals surface area contributed by atoms with Crippen LogP contribution in [0.15, 0.2) is 17.6 Å². The Hall–Kier alpha value is -1.25. The van der Waals surface area contributed by atoms with E-state index < -0.39 is 24.3 Å². The fourth-order valence-electron chi connectivity index (χ4n) is 2.17. The zero-order valence-electron chi connectivity index (χ0n) is 11.5. The summed E-state index contributed by atoms with van der Waals surface area (Å²) in [4.78, 5) is 31.3. The number of urea groups is 1. The number of halogens is 1. The Kier molecular flexibility index (Phi) is 5.13. The lowest BCUT2D eigenvalue weighted by molar-refractivity contribution is -0.126. The number of likely N-dealkylation sites (N-methyl/N-ethyl adjacent to an activating group) is 1. The Morgan fingerprint density at radius 3 is 2.95 bits per heavy atom. The number of fused-ring (bicyclic) bond motifs is 1. The number of aliphatic hydroxyl groups excluding tert-OH is 1. The molecule has 3 atom stereocenters. The first-order chi connectivity index (χ1) is 9.99. The van der Waals surface area contributed by atoms with E-state index in [2.05, 4.69) is 16.9 Å². The molecule has 1 fully saturated rings. The highest BCUT2D eigenvalue weighted by Gasteiger charge is 2.48. The highest BCUT2D eigenvalue weighted by molar-refractivity contribution is 8.13. The number of thioether (sulfide) groups is 1. The van der Waals surface area contributed by atoms with Gasteiger partial charge in [-0.1, -0.05) is 17.8 Å². The minimum atomic E-state index is -0.652. The number of carbonyl (C=O) groups is 2. The summed E-state index contributed by atoms with van der Waals surface area (Å²) in [5.74, 6) is 0.129. The van der Waals surface area contributed by atoms with Gasteiger partial charge < -0.3 is 14.9 Å². The Morgan fingerprint density at radius 2 is 2.33 bits per heavy atom. The molecule has 0 bridgehead atoms. The molecule has 7 nitrogen and oxygen atoms in total. The highest BCUT2D eigenvalue weighted by atomic mass is 35.5. The molecule has 3 unspecified atom stereocenters. The molecule has 0 aromatic carbocycles. The summed E-state index contributed by atoms with van der Waals surface area (Å²) in [6.45, 7) is 4.11. The third-order valence-corrected chi connectivity index (χ3v) is 4.74. The van der Waals surface area contributed by atoms with Gasteiger partial charge in [-0.2, -0.15) is 0 Å². The van der Waals surface area contributed by atoms with Gasteiger partial charge in [0.05, 0.1) is 6.10 Å². The van der Waals surface area contributed by atoms with E-state index in [1.807, 2.05) is 0 Å². The van der Waals surface area contributed by atoms with Gasteiger partial charge >= 0.3 is 6.03 Å². The Balaban J connectivity index is 2.20. The fraction of sp³-hybridized carbons (Fsp3) is 0.583. The summed E-state index contributed by atoms with van der Waals surface area (Å²) in [6, 6.07) is -1.03. The molecule has 0 aromatic heterocycles. The largest absolute Gasteiger partial charge is 0.391 e. The molecule has 0 aliphatic carbocycles. The number of hydrogen-bond donors (Lipinski definition) is 2. The highest BCUT2D eigenvalue weighted by Crippen LogP contribution is 2.28. The van der Waals surface area contributed by atoms with E-state index in [9.17, 15) is 14.7 Å². The Morgan fingerprint density at radius 1 is 1.62 bits per heavy atom. The number of nitrogens with one attached hydrogen (secondary N) is 1. The second kappa shape index (κ2) is 6.67. The van der Waals surface area contributed by atoms with Crippen LogP contribution in [0.5, 0.6) is 0 Å². The lowest BCUT2D eigenvalue weighted by Crippen LogP contribution is -2.63. The van der Waals surface area contributed by atoms with Crippen LogP contribution in [0.3, 0.4) is 0 Å². The Labute approximate surface area is 132 Å². The van der Waals surface area contributed by atoms with Crippen LogP contribution in [0.1, 0.15) is 0 Å². The lowest BCUT2D eigenvalue weighted by atomic mass is 10.1. The van der Waals surface area contributed by atoms with Crippen molar-refractivity contribution in [2.45, 2.75) is 18.3 Å². The molecule has 21 heavy (non-hydrogen) atoms. The molecule has 2 aliphatic heterocycles. The van der Waals surface area contributed by atoms with E-state index in [1.54, 1.807) is 18.0 Å². The van der Waals surface area contributed by atoms with Crippen molar-refractivity contribution in [3.63, 3.8) is 0 Å². The predicted molar refractivity (Wildman–Crippen MR) is 82.4 cm³/mol. The zero-order valence-corrected chi connectivity index (χ0v) is 13.1. The van der Waals surface area contributed by atoms with E-state index in [-0.39, 0.29) is 11.8 Å². The van der Waals surface area contributed by atoms with Crippen LogP contribution in [0, 0.1) is 0 Å². The number of hydrogen-bond acceptors (Lipinski definition) is 6. The predicted octanol–water partition coefficient (Wildman–Crippen LogP) is 0.0532. The number of alkyl halides is 1. The minimum absolute atomic E-state index is 0.132. The molecule has 116 valence electrons. The van der Waals surface area contributed by atoms with Crippen molar-refractivity contribution in [3.05, 3.63) is 12.7 Å². The zero-order chi connectivity index (χ0) is 15.6. The maximum absolute atomic E-state index is 12.1. The van der Waals surface area contributed by atoms with Gasteiger partial charge in [0.25, 0.3) is 5.91 Å². The van der Waals surface area contributed by atoms with Crippen LogP contribution < -0.4 is 5.32 Å². The third-order valence-electron chi connectivity index (χ3n) is 3.23. The molecule has 0 saturated carbocycles. The molecule has 2 N–H and O–H groups in total. The standard InChI is InChI=1S/C12H17ClN4O3S/c1-3-4-17-8-9(16(2)11(20)15-10(8)19)14-12(17)21-6-7(18)5-13/h3,7-9,18H,1,4-6H2,2H3,(H,15,19,20). The average Bonchev–Trinajstić information content (AvgIpc) is 2.82. The van der Waals surface area contributed by atoms with Crippen LogP contribution >= 0.6 is 23.4 Å². The number of amides is 3. The van der Waals surface area contributed by atoms with Gasteiger partial charge in [0.15, 0.2) is 17.4 Å². The van der Waals surface area contributed by atoms with Crippen molar-refractivity contribution in [2.24, 2.45) is 4.99 Å². The molecule has 1 saturated heterocycles. The van der Waals surface area contributed by atoms with Gasteiger partial charge in [-0.25, -0.2) is 9.79 Å². The molecule has 9 heteroatoms. The SMILES string of the molecule is C=CCN1C(SCC(O)CCl)=NC2C1C(=O)NC(=O)N2C. The summed E-state index contributed by atoms with van der Waals surface area (Å²) in [5.41, 5.74) is 0. The maximum atomic E-state index is 12.1. The number of aliphatic hydroxyl groups is 1. The quantitative estimate of drug-likeness (QED) is 0.549. The molecule has 0 aromatic rings. The number of imide groups is 1. The van der Waals surface area contributed by atoms with Crippen molar-refractivity contribution in [1.82, 2.24) is 15.1 Å². The van der Waals surface area contributed by atoms with Crippen LogP contribution in [0.25, 0.3) is 0 Å². The van der Waals surface area contributed by atoms with Gasteiger partial charge in [0, 0.05) is 25.2 Å². The van der Waals surface area contributed by atoms with Crippen molar-refractivity contribution < 1.29 is 14.7 Å². The summed E-state index contributed by atoms with van der Waals surface area (Å²) in [5, 5.41) is 12.5. The van der Waals surface area contributed by atoms with Crippen LogP contribution in [-0.2, 0) is 4.79 Å². The summed E-state index contributed by atoms with van der Waals surface area (Å²) in [7, 11) is 1.59. The Bertz CT molecular complexity index is 487. The van der Waals surface area contributed by atoms with Gasteiger partial charge in [0.1, 0.15) is 0 Å². The van der Waals surface area contributed by atoms with E-state index in [0.717, 1.165) is 0 Å². The topological polar surface area (TPSA) is 85.2 Å². The molecule has 2 rings (SSSR count). The van der Waals surface area contributed by atoms with Crippen LogP contribution in [-0.4, -0.2) is 75.5 Å². The third kappa shape index (κ3) is 3.17. The average molecular weight is 333 g/mol. The molecular formula is C12H17ClN4O3S. The summed E-state index contributed by atoms with van der Waals surface area (Å²) < 4.78 is 0. The van der Waals surface area contributed by atoms with E-state index in [0.29, 0.717) is 17.5 Å². The second-order valence-electron chi connectivity index (χ2n) is 4.74. The normalized spacial score (nSPS) is 26.3. The smallest absolute Gasteiger partial charge is 0.325 e. The van der Waals surface area contributed by atoms with Crippen LogP contribution in [0.4, 0.5) is 4.79 Å². The van der Waals surface area contributed by atoms with Crippen molar-refractivity contribution >= 4 is 40.5 Å². The van der Waals surface area contributed by atoms with Crippen molar-refractivity contribution in [1.29, 1.82) is 0 Å². The number of carbonyl (C=O) groups excluding carboxylic acids is 2. The first-order valence-corrected chi connectivity index (χ1v) is 7.91. The van der Waals surface area contributed by atoms with Crippen molar-refractivity contribution in [2.75, 3.05) is 25.2 Å². The van der Waals surface area contributed by atoms with E-state index >= 15 is 0 Å². The van der Waals surface area contributed by atoms with Gasteiger partial charge in [-0.3, -0.25) is 10.1 Å². The number of aliphatic imine (C=N–C) groups is 1. The molecule has 2 aliphatic rings. The minimum Gasteiger partial charge on any atom is -0.391 e. The summed E-state index contributed by atoms with van der Waals surface area (Å²) >= 11 is 6.88. The lowest BCUT2D eigenvalue weighted by Gasteiger charge is -2.35. The fourth-order valence-corrected chi connectivity index (χ4v) is 3.40. The van der Waals surface area contributed by atoms with Crippen LogP contribution in [0.2, 0.25) is 0 Å². The molecule has 3 amide bonds. The number of nitrogens with zero attached hydrogens (tertiary/aromatic N) is 3. The molecule has 2 heterocycles.